The molecule has 0 saturated carbocycles. The van der Waals surface area contributed by atoms with Crippen LogP contribution >= 0.6 is 0 Å². The average molecular weight is 289 g/mol. The highest BCUT2D eigenvalue weighted by Gasteiger charge is 2.44. The molecule has 1 atom stereocenters. The van der Waals surface area contributed by atoms with Crippen molar-refractivity contribution in [2.75, 3.05) is 0 Å². The molecule has 1 nitrogen and oxygen atoms in total. The Bertz CT molecular complexity index is 264. The summed E-state index contributed by atoms with van der Waals surface area (Å²) in [6.45, 7) is 26.0. The van der Waals surface area contributed by atoms with E-state index in [4.69, 9.17) is 4.12 Å². The molecule has 0 aromatic rings. The van der Waals surface area contributed by atoms with Gasteiger partial charge in [0.15, 0.2) is 16.6 Å². The summed E-state index contributed by atoms with van der Waals surface area (Å²) in [6.07, 6.45) is 1.26. The molecule has 0 bridgehead atoms. The summed E-state index contributed by atoms with van der Waals surface area (Å²) in [5.74, 6) is 0. The lowest BCUT2D eigenvalue weighted by atomic mass is 9.80. The summed E-state index contributed by atoms with van der Waals surface area (Å²) >= 11 is 0. The highest BCUT2D eigenvalue weighted by molar-refractivity contribution is 6.85. The van der Waals surface area contributed by atoms with Crippen molar-refractivity contribution in [2.24, 2.45) is 10.8 Å². The quantitative estimate of drug-likeness (QED) is 0.586. The second-order valence-electron chi connectivity index (χ2n) is 9.50. The number of hydrogen-bond donors (Lipinski definition) is 0. The normalized spacial score (nSPS) is 16.8. The Labute approximate surface area is 118 Å². The number of rotatable bonds is 4. The van der Waals surface area contributed by atoms with Crippen molar-refractivity contribution in [3.63, 3.8) is 0 Å². The van der Waals surface area contributed by atoms with E-state index in [0.717, 1.165) is 0 Å². The van der Waals surface area contributed by atoms with Crippen LogP contribution in [0.1, 0.15) is 48.0 Å². The van der Waals surface area contributed by atoms with Crippen molar-refractivity contribution >= 4 is 16.6 Å². The van der Waals surface area contributed by atoms with E-state index in [9.17, 15) is 0 Å². The van der Waals surface area contributed by atoms with Gasteiger partial charge in [0.25, 0.3) is 0 Å². The molecule has 3 heteroatoms. The van der Waals surface area contributed by atoms with Gasteiger partial charge in [-0.3, -0.25) is 0 Å². The Morgan fingerprint density at radius 3 is 1.44 bits per heavy atom. The highest BCUT2D eigenvalue weighted by atomic mass is 28.4. The lowest BCUT2D eigenvalue weighted by molar-refractivity contribution is 0.253. The third-order valence-corrected chi connectivity index (χ3v) is 10.6. The zero-order valence-electron chi connectivity index (χ0n) is 14.7. The lowest BCUT2D eigenvalue weighted by Gasteiger charge is -2.46. The van der Waals surface area contributed by atoms with Crippen LogP contribution in [0.5, 0.6) is 0 Å². The summed E-state index contributed by atoms with van der Waals surface area (Å²) in [4.78, 5) is 0. The van der Waals surface area contributed by atoms with E-state index in [1.165, 1.54) is 6.42 Å². The first kappa shape index (κ1) is 18.4. The molecule has 0 aliphatic heterocycles. The molecule has 0 aliphatic carbocycles. The maximum atomic E-state index is 6.64. The first-order valence-electron chi connectivity index (χ1n) is 7.25. The minimum atomic E-state index is -1.65. The van der Waals surface area contributed by atoms with Gasteiger partial charge in [-0.15, -0.1) is 0 Å². The van der Waals surface area contributed by atoms with Gasteiger partial charge < -0.3 is 4.12 Å². The van der Waals surface area contributed by atoms with Crippen molar-refractivity contribution < 1.29 is 4.12 Å². The van der Waals surface area contributed by atoms with E-state index < -0.39 is 16.6 Å². The van der Waals surface area contributed by atoms with Crippen LogP contribution in [0.15, 0.2) is 0 Å². The van der Waals surface area contributed by atoms with Gasteiger partial charge in [-0.05, 0) is 55.5 Å². The van der Waals surface area contributed by atoms with Crippen molar-refractivity contribution in [3.8, 4) is 0 Å². The van der Waals surface area contributed by atoms with E-state index in [-0.39, 0.29) is 0 Å². The van der Waals surface area contributed by atoms with Crippen molar-refractivity contribution in [2.45, 2.75) is 86.2 Å². The molecule has 0 aliphatic rings. The van der Waals surface area contributed by atoms with Crippen LogP contribution in [0.3, 0.4) is 0 Å². The molecular formula is C15H36OSi2. The summed E-state index contributed by atoms with van der Waals surface area (Å²) in [6, 6.07) is 0. The predicted molar refractivity (Wildman–Crippen MR) is 89.2 cm³/mol. The van der Waals surface area contributed by atoms with Gasteiger partial charge in [0, 0.05) is 0 Å². The van der Waals surface area contributed by atoms with Gasteiger partial charge in [0.05, 0.1) is 0 Å². The Kier molecular flexibility index (Phi) is 5.53. The monoisotopic (exact) mass is 288 g/mol. The second kappa shape index (κ2) is 5.41. The molecule has 0 amide bonds. The maximum absolute atomic E-state index is 6.64. The van der Waals surface area contributed by atoms with Gasteiger partial charge in [-0.1, -0.05) is 41.5 Å². The van der Waals surface area contributed by atoms with E-state index >= 15 is 0 Å². The smallest absolute Gasteiger partial charge is 0.177 e. The zero-order valence-corrected chi connectivity index (χ0v) is 16.7. The van der Waals surface area contributed by atoms with Crippen LogP contribution < -0.4 is 0 Å². The third-order valence-electron chi connectivity index (χ3n) is 3.27. The molecule has 0 N–H and O–H groups in total. The van der Waals surface area contributed by atoms with E-state index in [1.807, 2.05) is 0 Å². The molecule has 0 heterocycles. The lowest BCUT2D eigenvalue weighted by Crippen LogP contribution is -2.50. The molecular weight excluding hydrogens is 252 g/mol. The Hall–Kier alpha value is 0.394. The Morgan fingerprint density at radius 1 is 0.833 bits per heavy atom. The fourth-order valence-electron chi connectivity index (χ4n) is 3.07. The van der Waals surface area contributed by atoms with E-state index in [2.05, 4.69) is 74.3 Å². The van der Waals surface area contributed by atoms with Crippen molar-refractivity contribution in [1.29, 1.82) is 0 Å². The van der Waals surface area contributed by atoms with Crippen LogP contribution in [-0.2, 0) is 4.12 Å². The topological polar surface area (TPSA) is 9.23 Å². The molecule has 0 rings (SSSR count). The van der Waals surface area contributed by atoms with E-state index in [0.29, 0.717) is 16.4 Å². The molecule has 1 unspecified atom stereocenters. The maximum Gasteiger partial charge on any atom is 0.177 e. The van der Waals surface area contributed by atoms with Crippen molar-refractivity contribution in [1.82, 2.24) is 0 Å². The molecule has 0 saturated heterocycles. The Balaban J connectivity index is 5.20. The first-order valence-corrected chi connectivity index (χ1v) is 13.6. The number of hydrogen-bond acceptors (Lipinski definition) is 1. The summed E-state index contributed by atoms with van der Waals surface area (Å²) in [7, 11) is -3.10. The van der Waals surface area contributed by atoms with Gasteiger partial charge in [-0.25, -0.2) is 0 Å². The molecule has 0 aromatic carbocycles. The standard InChI is InChI=1S/C15H36OSi2/c1-14(2,3)12-13(15(4,5)6)18(10,11)16-17(7,8)9/h13H,12H2,1-11H3. The minimum Gasteiger partial charge on any atom is -0.455 e. The fraction of sp³-hybridized carbons (Fsp3) is 1.00. The van der Waals surface area contributed by atoms with Gasteiger partial charge in [-0.2, -0.15) is 0 Å². The third kappa shape index (κ3) is 7.10. The Morgan fingerprint density at radius 2 is 1.22 bits per heavy atom. The SMILES string of the molecule is CC(C)(C)CC(C(C)(C)C)[Si](C)(C)O[Si](C)(C)C. The molecule has 0 radical (unpaired) electrons. The van der Waals surface area contributed by atoms with Crippen molar-refractivity contribution in [3.05, 3.63) is 0 Å². The second-order valence-corrected chi connectivity index (χ2v) is 18.4. The van der Waals surface area contributed by atoms with Gasteiger partial charge >= 0.3 is 0 Å². The van der Waals surface area contributed by atoms with Gasteiger partial charge in [0.1, 0.15) is 0 Å². The summed E-state index contributed by atoms with van der Waals surface area (Å²) in [5.41, 5.74) is 1.42. The minimum absolute atomic E-state index is 0.336. The highest BCUT2D eigenvalue weighted by Crippen LogP contribution is 2.47. The fourth-order valence-corrected chi connectivity index (χ4v) is 13.1. The zero-order chi connectivity index (χ0) is 15.0. The first-order chi connectivity index (χ1) is 7.55. The summed E-state index contributed by atoms with van der Waals surface area (Å²) < 4.78 is 6.64. The molecule has 0 fully saturated rings. The van der Waals surface area contributed by atoms with Crippen LogP contribution in [0.25, 0.3) is 0 Å². The van der Waals surface area contributed by atoms with Gasteiger partial charge in [0.2, 0.25) is 0 Å². The largest absolute Gasteiger partial charge is 0.455 e. The molecule has 18 heavy (non-hydrogen) atoms. The summed E-state index contributed by atoms with van der Waals surface area (Å²) in [5, 5.41) is 0. The van der Waals surface area contributed by atoms with Crippen LogP contribution in [-0.4, -0.2) is 16.6 Å². The van der Waals surface area contributed by atoms with Crippen LogP contribution in [0.2, 0.25) is 38.3 Å². The van der Waals surface area contributed by atoms with Crippen LogP contribution in [0, 0.1) is 10.8 Å². The molecule has 110 valence electrons. The average Bonchev–Trinajstić information content (AvgIpc) is 1.90. The van der Waals surface area contributed by atoms with E-state index in [1.54, 1.807) is 0 Å². The van der Waals surface area contributed by atoms with Crippen LogP contribution in [0.4, 0.5) is 0 Å². The molecule has 0 aromatic heterocycles. The predicted octanol–water partition coefficient (Wildman–Crippen LogP) is 5.90. The molecule has 0 spiro atoms.